The summed E-state index contributed by atoms with van der Waals surface area (Å²) in [5.74, 6) is -1.37. The molecule has 0 aliphatic carbocycles. The SMILES string of the molecule is O=C(O)[C@@H]1CCCN1C(=O)c1cc(Cl)ccc1Cl. The van der Waals surface area contributed by atoms with Gasteiger partial charge in [-0.1, -0.05) is 23.2 Å². The van der Waals surface area contributed by atoms with E-state index in [0.29, 0.717) is 24.4 Å². The average molecular weight is 288 g/mol. The Kier molecular flexibility index (Phi) is 3.78. The third-order valence-electron chi connectivity index (χ3n) is 2.96. The highest BCUT2D eigenvalue weighted by atomic mass is 35.5. The zero-order chi connectivity index (χ0) is 13.3. The molecule has 4 nitrogen and oxygen atoms in total. The summed E-state index contributed by atoms with van der Waals surface area (Å²) in [5, 5.41) is 9.73. The number of hydrogen-bond acceptors (Lipinski definition) is 2. The summed E-state index contributed by atoms with van der Waals surface area (Å²) >= 11 is 11.8. The minimum Gasteiger partial charge on any atom is -0.480 e. The van der Waals surface area contributed by atoms with Crippen LogP contribution in [0, 0.1) is 0 Å². The molecule has 1 amide bonds. The van der Waals surface area contributed by atoms with Crippen molar-refractivity contribution in [2.24, 2.45) is 0 Å². The number of hydrogen-bond donors (Lipinski definition) is 1. The van der Waals surface area contributed by atoms with Crippen molar-refractivity contribution in [3.63, 3.8) is 0 Å². The molecule has 96 valence electrons. The molecule has 1 aliphatic rings. The van der Waals surface area contributed by atoms with E-state index >= 15 is 0 Å². The highest BCUT2D eigenvalue weighted by Gasteiger charge is 2.35. The Morgan fingerprint density at radius 2 is 2.06 bits per heavy atom. The average Bonchev–Trinajstić information content (AvgIpc) is 2.80. The lowest BCUT2D eigenvalue weighted by Gasteiger charge is -2.22. The first-order valence-electron chi connectivity index (χ1n) is 5.49. The lowest BCUT2D eigenvalue weighted by atomic mass is 10.1. The van der Waals surface area contributed by atoms with E-state index in [9.17, 15) is 9.59 Å². The molecular formula is C12H11Cl2NO3. The summed E-state index contributed by atoms with van der Waals surface area (Å²) in [4.78, 5) is 24.6. The van der Waals surface area contributed by atoms with Crippen LogP contribution in [0.4, 0.5) is 0 Å². The van der Waals surface area contributed by atoms with Gasteiger partial charge in [-0.05, 0) is 31.0 Å². The van der Waals surface area contributed by atoms with Crippen LogP contribution in [-0.2, 0) is 4.79 Å². The number of aliphatic carboxylic acids is 1. The van der Waals surface area contributed by atoms with E-state index in [1.807, 2.05) is 0 Å². The van der Waals surface area contributed by atoms with Gasteiger partial charge in [-0.15, -0.1) is 0 Å². The number of carbonyl (C=O) groups is 2. The van der Waals surface area contributed by atoms with Gasteiger partial charge in [-0.25, -0.2) is 4.79 Å². The van der Waals surface area contributed by atoms with Crippen LogP contribution in [0.25, 0.3) is 0 Å². The summed E-state index contributed by atoms with van der Waals surface area (Å²) < 4.78 is 0. The smallest absolute Gasteiger partial charge is 0.326 e. The van der Waals surface area contributed by atoms with Gasteiger partial charge < -0.3 is 10.0 Å². The van der Waals surface area contributed by atoms with E-state index in [0.717, 1.165) is 0 Å². The van der Waals surface area contributed by atoms with E-state index < -0.39 is 12.0 Å². The van der Waals surface area contributed by atoms with Crippen LogP contribution in [0.3, 0.4) is 0 Å². The Hall–Kier alpha value is -1.26. The van der Waals surface area contributed by atoms with Crippen molar-refractivity contribution in [1.29, 1.82) is 0 Å². The van der Waals surface area contributed by atoms with Crippen molar-refractivity contribution in [2.75, 3.05) is 6.54 Å². The maximum Gasteiger partial charge on any atom is 0.326 e. The van der Waals surface area contributed by atoms with Crippen molar-refractivity contribution in [1.82, 2.24) is 4.90 Å². The highest BCUT2D eigenvalue weighted by molar-refractivity contribution is 6.35. The van der Waals surface area contributed by atoms with Crippen molar-refractivity contribution in [2.45, 2.75) is 18.9 Å². The number of carboxylic acids is 1. The number of likely N-dealkylation sites (tertiary alicyclic amines) is 1. The minimum absolute atomic E-state index is 0.248. The van der Waals surface area contributed by atoms with E-state index in [-0.39, 0.29) is 16.5 Å². The standard InChI is InChI=1S/C12H11Cl2NO3/c13-7-3-4-9(14)8(6-7)11(16)15-5-1-2-10(15)12(17)18/h3-4,6,10H,1-2,5H2,(H,17,18)/t10-/m0/s1. The molecule has 1 saturated heterocycles. The van der Waals surface area contributed by atoms with Gasteiger partial charge in [0.2, 0.25) is 0 Å². The Balaban J connectivity index is 2.31. The molecule has 0 unspecified atom stereocenters. The molecule has 1 N–H and O–H groups in total. The third kappa shape index (κ3) is 2.44. The number of carboxylic acid groups (broad SMARTS) is 1. The second-order valence-corrected chi connectivity index (χ2v) is 4.96. The van der Waals surface area contributed by atoms with Gasteiger partial charge in [0.05, 0.1) is 10.6 Å². The molecule has 0 saturated carbocycles. The van der Waals surface area contributed by atoms with Gasteiger partial charge in [0.15, 0.2) is 0 Å². The molecule has 6 heteroatoms. The minimum atomic E-state index is -0.987. The predicted molar refractivity (Wildman–Crippen MR) is 68.2 cm³/mol. The molecule has 0 spiro atoms. The normalized spacial score (nSPS) is 19.0. The number of amides is 1. The van der Waals surface area contributed by atoms with Crippen LogP contribution >= 0.6 is 23.2 Å². The van der Waals surface area contributed by atoms with E-state index in [1.165, 1.54) is 17.0 Å². The first-order chi connectivity index (χ1) is 8.50. The first-order valence-corrected chi connectivity index (χ1v) is 6.25. The van der Waals surface area contributed by atoms with Crippen LogP contribution in [0.5, 0.6) is 0 Å². The van der Waals surface area contributed by atoms with Gasteiger partial charge in [0, 0.05) is 11.6 Å². The van der Waals surface area contributed by atoms with Crippen molar-refractivity contribution in [3.05, 3.63) is 33.8 Å². The number of carbonyl (C=O) groups excluding carboxylic acids is 1. The Morgan fingerprint density at radius 1 is 1.33 bits per heavy atom. The number of rotatable bonds is 2. The quantitative estimate of drug-likeness (QED) is 0.910. The van der Waals surface area contributed by atoms with Gasteiger partial charge in [0.1, 0.15) is 6.04 Å². The Morgan fingerprint density at radius 3 is 2.72 bits per heavy atom. The molecular weight excluding hydrogens is 277 g/mol. The van der Waals surface area contributed by atoms with Gasteiger partial charge in [-0.2, -0.15) is 0 Å². The predicted octanol–water partition coefficient (Wildman–Crippen LogP) is 2.68. The third-order valence-corrected chi connectivity index (χ3v) is 3.52. The van der Waals surface area contributed by atoms with E-state index in [2.05, 4.69) is 0 Å². The van der Waals surface area contributed by atoms with Crippen LogP contribution in [0.1, 0.15) is 23.2 Å². The Bertz CT molecular complexity index is 504. The van der Waals surface area contributed by atoms with Crippen LogP contribution in [0.2, 0.25) is 10.0 Å². The molecule has 1 aromatic rings. The zero-order valence-corrected chi connectivity index (χ0v) is 10.9. The second kappa shape index (κ2) is 5.16. The molecule has 1 atom stereocenters. The molecule has 18 heavy (non-hydrogen) atoms. The largest absolute Gasteiger partial charge is 0.480 e. The maximum atomic E-state index is 12.3. The lowest BCUT2D eigenvalue weighted by Crippen LogP contribution is -2.40. The first kappa shape index (κ1) is 13.2. The van der Waals surface area contributed by atoms with E-state index in [1.54, 1.807) is 6.07 Å². The summed E-state index contributed by atoms with van der Waals surface area (Å²) in [6.45, 7) is 0.429. The molecule has 1 fully saturated rings. The summed E-state index contributed by atoms with van der Waals surface area (Å²) in [5.41, 5.74) is 0.248. The lowest BCUT2D eigenvalue weighted by molar-refractivity contribution is -0.141. The molecule has 2 rings (SSSR count). The zero-order valence-electron chi connectivity index (χ0n) is 9.40. The molecule has 1 heterocycles. The van der Waals surface area contributed by atoms with Crippen LogP contribution in [-0.4, -0.2) is 34.5 Å². The number of halogens is 2. The molecule has 0 aromatic heterocycles. The number of nitrogens with zero attached hydrogens (tertiary/aromatic N) is 1. The molecule has 1 aromatic carbocycles. The second-order valence-electron chi connectivity index (χ2n) is 4.12. The monoisotopic (exact) mass is 287 g/mol. The van der Waals surface area contributed by atoms with Gasteiger partial charge in [0.25, 0.3) is 5.91 Å². The fourth-order valence-corrected chi connectivity index (χ4v) is 2.45. The molecule has 1 aliphatic heterocycles. The van der Waals surface area contributed by atoms with Gasteiger partial charge in [-0.3, -0.25) is 4.79 Å². The highest BCUT2D eigenvalue weighted by Crippen LogP contribution is 2.26. The van der Waals surface area contributed by atoms with Gasteiger partial charge >= 0.3 is 5.97 Å². The van der Waals surface area contributed by atoms with Crippen molar-refractivity contribution in [3.8, 4) is 0 Å². The fraction of sp³-hybridized carbons (Fsp3) is 0.333. The number of benzene rings is 1. The summed E-state index contributed by atoms with van der Waals surface area (Å²) in [6, 6.07) is 3.80. The van der Waals surface area contributed by atoms with Crippen molar-refractivity contribution < 1.29 is 14.7 Å². The topological polar surface area (TPSA) is 57.6 Å². The fourth-order valence-electron chi connectivity index (χ4n) is 2.08. The molecule has 0 radical (unpaired) electrons. The van der Waals surface area contributed by atoms with Crippen molar-refractivity contribution >= 4 is 35.1 Å². The summed E-state index contributed by atoms with van der Waals surface area (Å²) in [6.07, 6.45) is 1.15. The van der Waals surface area contributed by atoms with E-state index in [4.69, 9.17) is 28.3 Å². The Labute approximate surface area is 114 Å². The molecule has 0 bridgehead atoms. The maximum absolute atomic E-state index is 12.3. The van der Waals surface area contributed by atoms with Crippen LogP contribution < -0.4 is 0 Å². The van der Waals surface area contributed by atoms with Crippen LogP contribution in [0.15, 0.2) is 18.2 Å². The summed E-state index contributed by atoms with van der Waals surface area (Å²) in [7, 11) is 0.